The molecule has 1 aliphatic heterocycles. The second kappa shape index (κ2) is 7.74. The van der Waals surface area contributed by atoms with Crippen LogP contribution in [0, 0.1) is 11.8 Å². The zero-order valence-corrected chi connectivity index (χ0v) is 15.4. The second-order valence-corrected chi connectivity index (χ2v) is 7.19. The molecule has 2 N–H and O–H groups in total. The summed E-state index contributed by atoms with van der Waals surface area (Å²) in [7, 11) is 1.98. The highest BCUT2D eigenvalue weighted by molar-refractivity contribution is 5.92. The predicted molar refractivity (Wildman–Crippen MR) is 94.2 cm³/mol. The Bertz CT molecular complexity index is 640. The predicted octanol–water partition coefficient (Wildman–Crippen LogP) is 3.34. The largest absolute Gasteiger partial charge is 0.411 e. The number of carbonyl (C=O) groups excluding carboxylic acids is 1. The van der Waals surface area contributed by atoms with Gasteiger partial charge in [0.2, 0.25) is 5.91 Å². The zero-order chi connectivity index (χ0) is 18.2. The van der Waals surface area contributed by atoms with Crippen molar-refractivity contribution < 1.29 is 22.7 Å². The lowest BCUT2D eigenvalue weighted by atomic mass is 9.62. The molecule has 1 aromatic rings. The summed E-state index contributed by atoms with van der Waals surface area (Å²) in [5.74, 6) is -0.683. The minimum absolute atomic E-state index is 0. The third-order valence-corrected chi connectivity index (χ3v) is 5.46. The number of ether oxygens (including phenoxy) is 1. The lowest BCUT2D eigenvalue weighted by Gasteiger charge is -2.55. The molecule has 1 heterocycles. The number of likely N-dealkylation sites (tertiary alicyclic amines) is 1. The van der Waals surface area contributed by atoms with Crippen molar-refractivity contribution in [1.82, 2.24) is 4.90 Å². The number of alkyl halides is 3. The van der Waals surface area contributed by atoms with Gasteiger partial charge in [-0.15, -0.1) is 12.4 Å². The molecule has 1 aromatic carbocycles. The van der Waals surface area contributed by atoms with Gasteiger partial charge >= 0.3 is 6.18 Å². The molecule has 1 saturated heterocycles. The first-order valence-electron chi connectivity index (χ1n) is 8.52. The Hall–Kier alpha value is -1.31. The Balaban J connectivity index is 0.00000243. The lowest BCUT2D eigenvalue weighted by Crippen LogP contribution is -2.59. The van der Waals surface area contributed by atoms with Crippen molar-refractivity contribution >= 4 is 18.3 Å². The molecule has 3 rings (SSSR count). The first kappa shape index (κ1) is 21.0. The molecule has 3 atom stereocenters. The van der Waals surface area contributed by atoms with Gasteiger partial charge in [0.15, 0.2) is 0 Å². The fourth-order valence-electron chi connectivity index (χ4n) is 4.56. The molecule has 4 nitrogen and oxygen atoms in total. The van der Waals surface area contributed by atoms with Crippen LogP contribution in [0.25, 0.3) is 0 Å². The van der Waals surface area contributed by atoms with Crippen LogP contribution >= 0.6 is 12.4 Å². The van der Waals surface area contributed by atoms with Gasteiger partial charge < -0.3 is 15.4 Å². The number of piperidine rings is 1. The SMILES string of the molecule is CN1C[C@H]2CCC[C@@H](C1)[C@]2(OCC(F)(F)F)c1cccc(C(N)=O)c1.Cl. The van der Waals surface area contributed by atoms with E-state index in [2.05, 4.69) is 4.90 Å². The molecule has 8 heteroatoms. The summed E-state index contributed by atoms with van der Waals surface area (Å²) in [6, 6.07) is 6.62. The number of fused-ring (bicyclic) bond motifs is 2. The minimum atomic E-state index is -4.40. The smallest absolute Gasteiger partial charge is 0.366 e. The summed E-state index contributed by atoms with van der Waals surface area (Å²) in [4.78, 5) is 13.7. The standard InChI is InChI=1S/C18H23F3N2O2.ClH/c1-23-9-14-6-3-7-15(10-23)18(14,25-11-17(19,20)21)13-5-2-4-12(8-13)16(22)24;/h2,4-5,8,14-15H,3,6-7,9-11H2,1H3,(H2,22,24);1H/t14-,15+,18+;. The molecular formula is C18H24ClF3N2O2. The summed E-state index contributed by atoms with van der Waals surface area (Å²) in [6.45, 7) is 0.0643. The number of primary amides is 1. The van der Waals surface area contributed by atoms with E-state index in [1.54, 1.807) is 24.3 Å². The van der Waals surface area contributed by atoms with Crippen LogP contribution in [0.3, 0.4) is 0 Å². The highest BCUT2D eigenvalue weighted by Gasteiger charge is 2.54. The van der Waals surface area contributed by atoms with Crippen molar-refractivity contribution in [2.75, 3.05) is 26.7 Å². The molecule has 1 aliphatic carbocycles. The Labute approximate surface area is 157 Å². The van der Waals surface area contributed by atoms with Crippen molar-refractivity contribution in [3.05, 3.63) is 35.4 Å². The van der Waals surface area contributed by atoms with E-state index in [1.807, 2.05) is 7.05 Å². The number of nitrogens with zero attached hydrogens (tertiary/aromatic N) is 1. The third-order valence-electron chi connectivity index (χ3n) is 5.46. The topological polar surface area (TPSA) is 55.6 Å². The fourth-order valence-corrected chi connectivity index (χ4v) is 4.56. The van der Waals surface area contributed by atoms with Gasteiger partial charge in [-0.1, -0.05) is 18.6 Å². The monoisotopic (exact) mass is 392 g/mol. The number of nitrogens with two attached hydrogens (primary N) is 1. The van der Waals surface area contributed by atoms with Gasteiger partial charge in [0.25, 0.3) is 0 Å². The van der Waals surface area contributed by atoms with E-state index in [0.29, 0.717) is 24.2 Å². The molecule has 2 aliphatic rings. The summed E-state index contributed by atoms with van der Waals surface area (Å²) < 4.78 is 44.5. The number of hydrogen-bond acceptors (Lipinski definition) is 3. The van der Waals surface area contributed by atoms with Gasteiger partial charge in [-0.25, -0.2) is 0 Å². The number of carbonyl (C=O) groups is 1. The van der Waals surface area contributed by atoms with Crippen LogP contribution in [-0.4, -0.2) is 43.7 Å². The van der Waals surface area contributed by atoms with Crippen LogP contribution < -0.4 is 5.73 Å². The Kier molecular flexibility index (Phi) is 6.25. The van der Waals surface area contributed by atoms with Crippen LogP contribution in [0.1, 0.15) is 35.2 Å². The fraction of sp³-hybridized carbons (Fsp3) is 0.611. The molecule has 2 fully saturated rings. The van der Waals surface area contributed by atoms with Gasteiger partial charge in [-0.3, -0.25) is 4.79 Å². The molecule has 2 bridgehead atoms. The van der Waals surface area contributed by atoms with E-state index >= 15 is 0 Å². The first-order chi connectivity index (χ1) is 11.7. The van der Waals surface area contributed by atoms with Crippen molar-refractivity contribution in [2.45, 2.75) is 31.0 Å². The van der Waals surface area contributed by atoms with E-state index in [4.69, 9.17) is 10.5 Å². The molecule has 0 aromatic heterocycles. The first-order valence-corrected chi connectivity index (χ1v) is 8.52. The van der Waals surface area contributed by atoms with Gasteiger partial charge in [0.1, 0.15) is 12.2 Å². The van der Waals surface area contributed by atoms with E-state index in [0.717, 1.165) is 19.3 Å². The Morgan fingerprint density at radius 1 is 1.31 bits per heavy atom. The van der Waals surface area contributed by atoms with E-state index in [-0.39, 0.29) is 24.2 Å². The maximum Gasteiger partial charge on any atom is 0.411 e. The van der Waals surface area contributed by atoms with E-state index in [9.17, 15) is 18.0 Å². The van der Waals surface area contributed by atoms with Gasteiger partial charge in [0.05, 0.1) is 0 Å². The normalized spacial score (nSPS) is 29.1. The molecule has 1 saturated carbocycles. The van der Waals surface area contributed by atoms with Crippen LogP contribution in [0.4, 0.5) is 13.2 Å². The van der Waals surface area contributed by atoms with Crippen LogP contribution in [0.5, 0.6) is 0 Å². The van der Waals surface area contributed by atoms with Crippen LogP contribution in [0.2, 0.25) is 0 Å². The minimum Gasteiger partial charge on any atom is -0.366 e. The molecule has 0 spiro atoms. The van der Waals surface area contributed by atoms with E-state index < -0.39 is 24.3 Å². The number of hydrogen-bond donors (Lipinski definition) is 1. The lowest BCUT2D eigenvalue weighted by molar-refractivity contribution is -0.251. The van der Waals surface area contributed by atoms with Crippen molar-refractivity contribution in [2.24, 2.45) is 17.6 Å². The third kappa shape index (κ3) is 4.00. The molecule has 0 unspecified atom stereocenters. The number of rotatable bonds is 4. The van der Waals surface area contributed by atoms with Gasteiger partial charge in [0, 0.05) is 30.5 Å². The average molecular weight is 393 g/mol. The zero-order valence-electron chi connectivity index (χ0n) is 14.6. The number of halogens is 4. The summed E-state index contributed by atoms with van der Waals surface area (Å²) in [5.41, 5.74) is 5.28. The number of amides is 1. The summed E-state index contributed by atoms with van der Waals surface area (Å²) in [5, 5.41) is 0. The second-order valence-electron chi connectivity index (χ2n) is 7.19. The Morgan fingerprint density at radius 3 is 2.46 bits per heavy atom. The molecule has 146 valence electrons. The van der Waals surface area contributed by atoms with Crippen molar-refractivity contribution in [3.63, 3.8) is 0 Å². The van der Waals surface area contributed by atoms with Crippen molar-refractivity contribution in [3.8, 4) is 0 Å². The highest BCUT2D eigenvalue weighted by Crippen LogP contribution is 2.52. The van der Waals surface area contributed by atoms with Crippen LogP contribution in [-0.2, 0) is 10.3 Å². The number of benzene rings is 1. The molecule has 0 radical (unpaired) electrons. The van der Waals surface area contributed by atoms with Gasteiger partial charge in [-0.05, 0) is 37.6 Å². The quantitative estimate of drug-likeness (QED) is 0.855. The maximum absolute atomic E-state index is 12.9. The van der Waals surface area contributed by atoms with Crippen LogP contribution in [0.15, 0.2) is 24.3 Å². The maximum atomic E-state index is 12.9. The average Bonchev–Trinajstić information content (AvgIpc) is 2.52. The molecular weight excluding hydrogens is 369 g/mol. The summed E-state index contributed by atoms with van der Waals surface area (Å²) in [6.07, 6.45) is -1.80. The molecule has 26 heavy (non-hydrogen) atoms. The van der Waals surface area contributed by atoms with Crippen molar-refractivity contribution in [1.29, 1.82) is 0 Å². The van der Waals surface area contributed by atoms with E-state index in [1.165, 1.54) is 0 Å². The Morgan fingerprint density at radius 2 is 1.92 bits per heavy atom. The highest BCUT2D eigenvalue weighted by atomic mass is 35.5. The van der Waals surface area contributed by atoms with Gasteiger partial charge in [-0.2, -0.15) is 13.2 Å². The summed E-state index contributed by atoms with van der Waals surface area (Å²) >= 11 is 0. The molecule has 1 amide bonds.